The summed E-state index contributed by atoms with van der Waals surface area (Å²) < 4.78 is 0. The Morgan fingerprint density at radius 3 is 2.71 bits per heavy atom. The number of benzene rings is 2. The second-order valence-electron chi connectivity index (χ2n) is 7.79. The normalized spacial score (nSPS) is 18.0. The molecule has 4 N–H and O–H groups in total. The van der Waals surface area contributed by atoms with Gasteiger partial charge in [-0.1, -0.05) is 48.5 Å². The minimum Gasteiger partial charge on any atom is -0.361 e. The van der Waals surface area contributed by atoms with Crippen LogP contribution >= 0.6 is 0 Å². The van der Waals surface area contributed by atoms with E-state index in [2.05, 4.69) is 33.1 Å². The summed E-state index contributed by atoms with van der Waals surface area (Å²) in [4.78, 5) is 28.6. The average Bonchev–Trinajstić information content (AvgIpc) is 3.44. The van der Waals surface area contributed by atoms with E-state index in [1.54, 1.807) is 0 Å². The summed E-state index contributed by atoms with van der Waals surface area (Å²) in [6, 6.07) is 18.9. The zero-order chi connectivity index (χ0) is 21.6. The molecule has 158 valence electrons. The summed E-state index contributed by atoms with van der Waals surface area (Å²) in [7, 11) is 0. The van der Waals surface area contributed by atoms with Crippen molar-refractivity contribution in [3.63, 3.8) is 0 Å². The molecular formula is C24H25N5O2. The third-order valence-corrected chi connectivity index (χ3v) is 5.59. The summed E-state index contributed by atoms with van der Waals surface area (Å²) in [6.07, 6.45) is 3.33. The van der Waals surface area contributed by atoms with Gasteiger partial charge >= 0.3 is 6.03 Å². The standard InChI is InChI=1S/C24H25N5O2/c25-11-6-12-26-23(30)22(13-17-15-27-20-10-5-4-9-18(17)20)29-24(31)28-21-14-19(21)16-7-2-1-3-8-16/h1-5,7-10,15,19,21-22,27H,6,12-14H2,(H,26,30)(H2,28,29,31). The second-order valence-corrected chi connectivity index (χ2v) is 7.79. The molecule has 3 aromatic rings. The van der Waals surface area contributed by atoms with E-state index >= 15 is 0 Å². The van der Waals surface area contributed by atoms with E-state index in [0.717, 1.165) is 22.9 Å². The summed E-state index contributed by atoms with van der Waals surface area (Å²) in [5.74, 6) is 0.00885. The van der Waals surface area contributed by atoms with E-state index < -0.39 is 6.04 Å². The fourth-order valence-corrected chi connectivity index (χ4v) is 3.89. The number of rotatable bonds is 8. The number of carbonyl (C=O) groups is 2. The Hall–Kier alpha value is -3.79. The number of fused-ring (bicyclic) bond motifs is 1. The number of hydrogen-bond acceptors (Lipinski definition) is 3. The molecule has 0 spiro atoms. The van der Waals surface area contributed by atoms with Crippen LogP contribution in [0.4, 0.5) is 4.79 Å². The van der Waals surface area contributed by atoms with Gasteiger partial charge in [0.2, 0.25) is 5.91 Å². The Kier molecular flexibility index (Phi) is 6.18. The second kappa shape index (κ2) is 9.35. The first-order chi connectivity index (χ1) is 15.2. The Balaban J connectivity index is 1.41. The molecule has 4 rings (SSSR count). The maximum Gasteiger partial charge on any atom is 0.315 e. The molecule has 1 aromatic heterocycles. The lowest BCUT2D eigenvalue weighted by Crippen LogP contribution is -2.51. The molecular weight excluding hydrogens is 390 g/mol. The van der Waals surface area contributed by atoms with E-state index in [4.69, 9.17) is 5.26 Å². The number of aromatic amines is 1. The predicted molar refractivity (Wildman–Crippen MR) is 118 cm³/mol. The van der Waals surface area contributed by atoms with Gasteiger partial charge in [0.25, 0.3) is 0 Å². The van der Waals surface area contributed by atoms with Gasteiger partial charge in [0.15, 0.2) is 0 Å². The smallest absolute Gasteiger partial charge is 0.315 e. The summed E-state index contributed by atoms with van der Waals surface area (Å²) in [5.41, 5.74) is 3.14. The van der Waals surface area contributed by atoms with Gasteiger partial charge in [-0.3, -0.25) is 4.79 Å². The van der Waals surface area contributed by atoms with Crippen molar-refractivity contribution < 1.29 is 9.59 Å². The van der Waals surface area contributed by atoms with Gasteiger partial charge in [0, 0.05) is 42.0 Å². The molecule has 2 aromatic carbocycles. The van der Waals surface area contributed by atoms with Crippen LogP contribution in [-0.2, 0) is 11.2 Å². The number of nitrogens with one attached hydrogen (secondary N) is 4. The average molecular weight is 415 g/mol. The van der Waals surface area contributed by atoms with Gasteiger partial charge in [0.1, 0.15) is 6.04 Å². The van der Waals surface area contributed by atoms with Crippen LogP contribution < -0.4 is 16.0 Å². The number of nitriles is 1. The fourth-order valence-electron chi connectivity index (χ4n) is 3.89. The number of nitrogens with zero attached hydrogens (tertiary/aromatic N) is 1. The van der Waals surface area contributed by atoms with Gasteiger partial charge in [0.05, 0.1) is 12.5 Å². The molecule has 0 radical (unpaired) electrons. The van der Waals surface area contributed by atoms with E-state index in [0.29, 0.717) is 12.3 Å². The van der Waals surface area contributed by atoms with Crippen LogP contribution in [-0.4, -0.2) is 35.6 Å². The number of carbonyl (C=O) groups excluding carboxylic acids is 2. The molecule has 0 aliphatic heterocycles. The van der Waals surface area contributed by atoms with Gasteiger partial charge in [-0.2, -0.15) is 5.26 Å². The monoisotopic (exact) mass is 415 g/mol. The van der Waals surface area contributed by atoms with E-state index in [-0.39, 0.29) is 30.9 Å². The van der Waals surface area contributed by atoms with Crippen molar-refractivity contribution in [2.45, 2.75) is 37.3 Å². The first-order valence-electron chi connectivity index (χ1n) is 10.5. The third-order valence-electron chi connectivity index (χ3n) is 5.59. The SMILES string of the molecule is N#CCCNC(=O)C(Cc1c[nH]c2ccccc12)NC(=O)NC1CC1c1ccccc1. The highest BCUT2D eigenvalue weighted by atomic mass is 16.2. The van der Waals surface area contributed by atoms with Crippen LogP contribution in [0.25, 0.3) is 10.9 Å². The van der Waals surface area contributed by atoms with Crippen LogP contribution in [0.2, 0.25) is 0 Å². The quantitative estimate of drug-likeness (QED) is 0.425. The molecule has 1 heterocycles. The van der Waals surface area contributed by atoms with Crippen molar-refractivity contribution in [2.24, 2.45) is 0 Å². The lowest BCUT2D eigenvalue weighted by atomic mass is 10.0. The number of aromatic nitrogens is 1. The van der Waals surface area contributed by atoms with Crippen molar-refractivity contribution in [1.29, 1.82) is 5.26 Å². The Morgan fingerprint density at radius 1 is 1.13 bits per heavy atom. The first kappa shape index (κ1) is 20.5. The predicted octanol–water partition coefficient (Wildman–Crippen LogP) is 2.96. The lowest BCUT2D eigenvalue weighted by molar-refractivity contribution is -0.122. The molecule has 7 heteroatoms. The van der Waals surface area contributed by atoms with Crippen LogP contribution in [0, 0.1) is 11.3 Å². The van der Waals surface area contributed by atoms with E-state index in [9.17, 15) is 9.59 Å². The molecule has 1 saturated carbocycles. The minimum absolute atomic E-state index is 0.0674. The van der Waals surface area contributed by atoms with Crippen LogP contribution in [0.15, 0.2) is 60.8 Å². The molecule has 0 saturated heterocycles. The maximum atomic E-state index is 12.7. The van der Waals surface area contributed by atoms with Crippen molar-refractivity contribution in [1.82, 2.24) is 20.9 Å². The fraction of sp³-hybridized carbons (Fsp3) is 0.292. The zero-order valence-corrected chi connectivity index (χ0v) is 17.1. The molecule has 3 atom stereocenters. The molecule has 7 nitrogen and oxygen atoms in total. The Labute approximate surface area is 180 Å². The Morgan fingerprint density at radius 2 is 1.90 bits per heavy atom. The van der Waals surface area contributed by atoms with Gasteiger partial charge in [-0.05, 0) is 23.6 Å². The van der Waals surface area contributed by atoms with Crippen molar-refractivity contribution in [3.8, 4) is 6.07 Å². The van der Waals surface area contributed by atoms with Gasteiger partial charge in [-0.15, -0.1) is 0 Å². The minimum atomic E-state index is -0.744. The number of para-hydroxylation sites is 1. The van der Waals surface area contributed by atoms with Gasteiger partial charge < -0.3 is 20.9 Å². The first-order valence-corrected chi connectivity index (χ1v) is 10.5. The number of H-pyrrole nitrogens is 1. The lowest BCUT2D eigenvalue weighted by Gasteiger charge is -2.18. The number of hydrogen-bond donors (Lipinski definition) is 4. The third kappa shape index (κ3) is 5.04. The Bertz CT molecular complexity index is 1100. The molecule has 0 bridgehead atoms. The molecule has 31 heavy (non-hydrogen) atoms. The molecule has 3 amide bonds. The highest BCUT2D eigenvalue weighted by Crippen LogP contribution is 2.40. The summed E-state index contributed by atoms with van der Waals surface area (Å²) in [6.45, 7) is 0.252. The van der Waals surface area contributed by atoms with Crippen molar-refractivity contribution in [2.75, 3.05) is 6.54 Å². The molecule has 3 unspecified atom stereocenters. The van der Waals surface area contributed by atoms with E-state index in [1.165, 1.54) is 5.56 Å². The highest BCUT2D eigenvalue weighted by molar-refractivity contribution is 5.89. The molecule has 1 aliphatic rings. The van der Waals surface area contributed by atoms with Crippen LogP contribution in [0.3, 0.4) is 0 Å². The number of amides is 3. The van der Waals surface area contributed by atoms with E-state index in [1.807, 2.05) is 54.7 Å². The van der Waals surface area contributed by atoms with Gasteiger partial charge in [-0.25, -0.2) is 4.79 Å². The summed E-state index contributed by atoms with van der Waals surface area (Å²) in [5, 5.41) is 18.3. The van der Waals surface area contributed by atoms with Crippen LogP contribution in [0.5, 0.6) is 0 Å². The summed E-state index contributed by atoms with van der Waals surface area (Å²) >= 11 is 0. The number of urea groups is 1. The molecule has 1 aliphatic carbocycles. The van der Waals surface area contributed by atoms with Crippen molar-refractivity contribution in [3.05, 3.63) is 71.9 Å². The topological polar surface area (TPSA) is 110 Å². The molecule has 1 fully saturated rings. The van der Waals surface area contributed by atoms with Crippen molar-refractivity contribution >= 4 is 22.8 Å². The zero-order valence-electron chi connectivity index (χ0n) is 17.1. The van der Waals surface area contributed by atoms with Crippen LogP contribution in [0.1, 0.15) is 29.9 Å². The maximum absolute atomic E-state index is 12.7. The highest BCUT2D eigenvalue weighted by Gasteiger charge is 2.39. The largest absolute Gasteiger partial charge is 0.361 e.